The molecule has 0 unspecified atom stereocenters. The zero-order valence-electron chi connectivity index (χ0n) is 18.8. The third kappa shape index (κ3) is 3.73. The maximum atomic E-state index is 13.9. The standard InChI is InChI=1S/C25H31FN4O2/c1-28(2)25(20-4-3-5-21(26)14-20)16-24(17-25)18-30(23(31)27-24)15-19-6-8-22(9-7-19)29-10-12-32-13-11-29/h3-9,14H,10-13,15-18H2,1-2H3,(H,27,31). The van der Waals surface area contributed by atoms with Crippen LogP contribution in [0.3, 0.4) is 0 Å². The van der Waals surface area contributed by atoms with Crippen LogP contribution < -0.4 is 10.2 Å². The predicted molar refractivity (Wildman–Crippen MR) is 122 cm³/mol. The van der Waals surface area contributed by atoms with E-state index in [4.69, 9.17) is 4.74 Å². The van der Waals surface area contributed by atoms with Crippen LogP contribution in [0.25, 0.3) is 0 Å². The molecule has 2 aromatic rings. The lowest BCUT2D eigenvalue weighted by atomic mass is 9.59. The fourth-order valence-electron chi connectivity index (χ4n) is 5.59. The molecule has 3 aliphatic rings. The molecule has 32 heavy (non-hydrogen) atoms. The number of benzene rings is 2. The highest BCUT2D eigenvalue weighted by Crippen LogP contribution is 2.53. The summed E-state index contributed by atoms with van der Waals surface area (Å²) in [6.45, 7) is 4.61. The Labute approximate surface area is 188 Å². The quantitative estimate of drug-likeness (QED) is 0.779. The number of halogens is 1. The minimum Gasteiger partial charge on any atom is -0.378 e. The maximum Gasteiger partial charge on any atom is 0.318 e. The fourth-order valence-corrected chi connectivity index (χ4v) is 5.59. The van der Waals surface area contributed by atoms with Gasteiger partial charge in [0.2, 0.25) is 0 Å². The van der Waals surface area contributed by atoms with Crippen molar-refractivity contribution in [3.8, 4) is 0 Å². The Bertz CT molecular complexity index is 982. The number of rotatable bonds is 5. The third-order valence-corrected chi connectivity index (χ3v) is 7.32. The second-order valence-corrected chi connectivity index (χ2v) is 9.62. The molecule has 5 rings (SSSR count). The van der Waals surface area contributed by atoms with E-state index in [0.29, 0.717) is 13.1 Å². The zero-order chi connectivity index (χ0) is 22.3. The molecular weight excluding hydrogens is 407 g/mol. The molecule has 0 bridgehead atoms. The molecule has 1 N–H and O–H groups in total. The van der Waals surface area contributed by atoms with Crippen LogP contribution >= 0.6 is 0 Å². The summed E-state index contributed by atoms with van der Waals surface area (Å²) in [4.78, 5) is 19.2. The summed E-state index contributed by atoms with van der Waals surface area (Å²) in [5.41, 5.74) is 2.77. The number of carbonyl (C=O) groups excluding carboxylic acids is 1. The summed E-state index contributed by atoms with van der Waals surface area (Å²) in [6, 6.07) is 15.3. The number of nitrogens with one attached hydrogen (secondary N) is 1. The highest BCUT2D eigenvalue weighted by atomic mass is 19.1. The highest BCUT2D eigenvalue weighted by Gasteiger charge is 2.60. The molecule has 7 heteroatoms. The minimum absolute atomic E-state index is 0.0196. The topological polar surface area (TPSA) is 48.1 Å². The Balaban J connectivity index is 1.26. The van der Waals surface area contributed by atoms with E-state index in [1.807, 2.05) is 25.1 Å². The summed E-state index contributed by atoms with van der Waals surface area (Å²) in [7, 11) is 4.06. The van der Waals surface area contributed by atoms with E-state index in [0.717, 1.165) is 50.3 Å². The van der Waals surface area contributed by atoms with Gasteiger partial charge in [-0.25, -0.2) is 9.18 Å². The summed E-state index contributed by atoms with van der Waals surface area (Å²) in [5.74, 6) is -0.220. The monoisotopic (exact) mass is 438 g/mol. The molecule has 0 aromatic heterocycles. The summed E-state index contributed by atoms with van der Waals surface area (Å²) < 4.78 is 19.3. The van der Waals surface area contributed by atoms with Gasteiger partial charge in [-0.3, -0.25) is 4.90 Å². The van der Waals surface area contributed by atoms with E-state index in [9.17, 15) is 9.18 Å². The van der Waals surface area contributed by atoms with Crippen LogP contribution in [0.15, 0.2) is 48.5 Å². The summed E-state index contributed by atoms with van der Waals surface area (Å²) >= 11 is 0. The first-order valence-corrected chi connectivity index (χ1v) is 11.3. The highest BCUT2D eigenvalue weighted by molar-refractivity contribution is 5.78. The van der Waals surface area contributed by atoms with Crippen molar-refractivity contribution in [3.63, 3.8) is 0 Å². The second-order valence-electron chi connectivity index (χ2n) is 9.62. The first kappa shape index (κ1) is 21.2. The molecule has 1 aliphatic carbocycles. The normalized spacial score (nSPS) is 27.7. The smallest absolute Gasteiger partial charge is 0.318 e. The van der Waals surface area contributed by atoms with Gasteiger partial charge in [-0.15, -0.1) is 0 Å². The Morgan fingerprint density at radius 1 is 1.09 bits per heavy atom. The van der Waals surface area contributed by atoms with Gasteiger partial charge in [-0.2, -0.15) is 0 Å². The molecule has 0 radical (unpaired) electrons. The van der Waals surface area contributed by atoms with Crippen LogP contribution in [0.1, 0.15) is 24.0 Å². The maximum absolute atomic E-state index is 13.9. The molecule has 2 aliphatic heterocycles. The lowest BCUT2D eigenvalue weighted by Gasteiger charge is -2.57. The van der Waals surface area contributed by atoms with E-state index < -0.39 is 0 Å². The van der Waals surface area contributed by atoms with Gasteiger partial charge in [-0.05, 0) is 62.3 Å². The molecule has 2 amide bonds. The van der Waals surface area contributed by atoms with Gasteiger partial charge in [0, 0.05) is 31.9 Å². The Morgan fingerprint density at radius 3 is 2.47 bits per heavy atom. The van der Waals surface area contributed by atoms with Crippen molar-refractivity contribution in [2.24, 2.45) is 0 Å². The number of amides is 2. The van der Waals surface area contributed by atoms with Gasteiger partial charge in [0.25, 0.3) is 0 Å². The number of urea groups is 1. The zero-order valence-corrected chi connectivity index (χ0v) is 18.8. The number of carbonyl (C=O) groups is 1. The second kappa shape index (κ2) is 8.05. The van der Waals surface area contributed by atoms with Crippen LogP contribution in [-0.4, -0.2) is 68.3 Å². The van der Waals surface area contributed by atoms with Crippen molar-refractivity contribution >= 4 is 11.7 Å². The Kier molecular flexibility index (Phi) is 5.34. The van der Waals surface area contributed by atoms with Gasteiger partial charge in [-0.1, -0.05) is 24.3 Å². The number of nitrogens with zero attached hydrogens (tertiary/aromatic N) is 3. The van der Waals surface area contributed by atoms with Gasteiger partial charge in [0.15, 0.2) is 0 Å². The molecular formula is C25H31FN4O2. The summed E-state index contributed by atoms with van der Waals surface area (Å²) in [6.07, 6.45) is 1.54. The van der Waals surface area contributed by atoms with Crippen molar-refractivity contribution < 1.29 is 13.9 Å². The molecule has 0 atom stereocenters. The molecule has 2 aromatic carbocycles. The van der Waals surface area contributed by atoms with Crippen LogP contribution in [0.5, 0.6) is 0 Å². The Morgan fingerprint density at radius 2 is 1.81 bits per heavy atom. The van der Waals surface area contributed by atoms with Crippen LogP contribution in [0, 0.1) is 5.82 Å². The van der Waals surface area contributed by atoms with Crippen molar-refractivity contribution in [1.82, 2.24) is 15.1 Å². The van der Waals surface area contributed by atoms with E-state index in [2.05, 4.69) is 39.4 Å². The summed E-state index contributed by atoms with van der Waals surface area (Å²) in [5, 5.41) is 3.24. The molecule has 1 spiro atoms. The SMILES string of the molecule is CN(C)C1(c2cccc(F)c2)CC2(CN(Cc3ccc(N4CCOCC4)cc3)C(=O)N2)C1. The minimum atomic E-state index is -0.262. The third-order valence-electron chi connectivity index (χ3n) is 7.32. The van der Waals surface area contributed by atoms with Gasteiger partial charge >= 0.3 is 6.03 Å². The number of hydrogen-bond donors (Lipinski definition) is 1. The number of morpholine rings is 1. The van der Waals surface area contributed by atoms with Crippen molar-refractivity contribution in [2.75, 3.05) is 51.8 Å². The van der Waals surface area contributed by atoms with Crippen LogP contribution in [0.4, 0.5) is 14.9 Å². The van der Waals surface area contributed by atoms with Crippen LogP contribution in [0.2, 0.25) is 0 Å². The molecule has 1 saturated carbocycles. The van der Waals surface area contributed by atoms with Crippen LogP contribution in [-0.2, 0) is 16.8 Å². The molecule has 3 fully saturated rings. The average molecular weight is 439 g/mol. The first-order chi connectivity index (χ1) is 15.4. The number of ether oxygens (including phenoxy) is 1. The lowest BCUT2D eigenvalue weighted by Crippen LogP contribution is -2.66. The number of hydrogen-bond acceptors (Lipinski definition) is 4. The molecule has 170 valence electrons. The fraction of sp³-hybridized carbons (Fsp3) is 0.480. The average Bonchev–Trinajstić information content (AvgIpc) is 3.09. The number of anilines is 1. The van der Waals surface area contributed by atoms with Crippen molar-refractivity contribution in [2.45, 2.75) is 30.5 Å². The molecule has 2 saturated heterocycles. The van der Waals surface area contributed by atoms with Gasteiger partial charge in [0.1, 0.15) is 5.82 Å². The van der Waals surface area contributed by atoms with E-state index >= 15 is 0 Å². The van der Waals surface area contributed by atoms with E-state index in [1.54, 1.807) is 12.1 Å². The Hall–Kier alpha value is -2.64. The van der Waals surface area contributed by atoms with E-state index in [1.165, 1.54) is 11.8 Å². The lowest BCUT2D eigenvalue weighted by molar-refractivity contribution is -0.0233. The molecule has 2 heterocycles. The van der Waals surface area contributed by atoms with Gasteiger partial charge < -0.3 is 19.9 Å². The van der Waals surface area contributed by atoms with Crippen molar-refractivity contribution in [1.29, 1.82) is 0 Å². The van der Waals surface area contributed by atoms with Gasteiger partial charge in [0.05, 0.1) is 24.3 Å². The largest absolute Gasteiger partial charge is 0.378 e. The first-order valence-electron chi connectivity index (χ1n) is 11.3. The molecule has 6 nitrogen and oxygen atoms in total. The van der Waals surface area contributed by atoms with Crippen molar-refractivity contribution in [3.05, 3.63) is 65.5 Å². The predicted octanol–water partition coefficient (Wildman–Crippen LogP) is 3.18. The van der Waals surface area contributed by atoms with E-state index in [-0.39, 0.29) is 22.9 Å².